The summed E-state index contributed by atoms with van der Waals surface area (Å²) >= 11 is 0. The minimum Gasteiger partial charge on any atom is -0.389 e. The second-order valence-electron chi connectivity index (χ2n) is 10.6. The molecule has 2 aliphatic heterocycles. The lowest BCUT2D eigenvalue weighted by atomic mass is 10.0. The zero-order valence-electron chi connectivity index (χ0n) is 21.7. The molecule has 2 aliphatic rings. The molecule has 0 bridgehead atoms. The molecule has 1 aromatic heterocycles. The lowest BCUT2D eigenvalue weighted by Gasteiger charge is -2.34. The van der Waals surface area contributed by atoms with Crippen LogP contribution in [0.5, 0.6) is 0 Å². The first-order chi connectivity index (χ1) is 17.0. The summed E-state index contributed by atoms with van der Waals surface area (Å²) in [5.41, 5.74) is 3.04. The molecule has 3 atom stereocenters. The van der Waals surface area contributed by atoms with Crippen molar-refractivity contribution < 1.29 is 19.1 Å². The second kappa shape index (κ2) is 12.9. The van der Waals surface area contributed by atoms with Gasteiger partial charge in [0.2, 0.25) is 5.88 Å². The lowest BCUT2D eigenvalue weighted by molar-refractivity contribution is -0.00389. The van der Waals surface area contributed by atoms with Crippen LogP contribution in [0.15, 0.2) is 34.9 Å². The van der Waals surface area contributed by atoms with Crippen LogP contribution in [0, 0.1) is 5.92 Å². The number of aromatic nitrogens is 1. The average molecular weight is 486 g/mol. The van der Waals surface area contributed by atoms with Gasteiger partial charge in [-0.15, -0.1) is 0 Å². The molecule has 7 heteroatoms. The molecule has 2 fully saturated rings. The van der Waals surface area contributed by atoms with Gasteiger partial charge in [-0.05, 0) is 44.9 Å². The van der Waals surface area contributed by atoms with E-state index in [0.717, 1.165) is 68.1 Å². The van der Waals surface area contributed by atoms with Crippen LogP contribution in [0.4, 0.5) is 5.88 Å². The molecule has 2 saturated heterocycles. The molecule has 1 aromatic carbocycles. The second-order valence-corrected chi connectivity index (χ2v) is 10.6. The first-order valence-electron chi connectivity index (χ1n) is 13.4. The van der Waals surface area contributed by atoms with E-state index >= 15 is 0 Å². The summed E-state index contributed by atoms with van der Waals surface area (Å²) < 4.78 is 17.8. The summed E-state index contributed by atoms with van der Waals surface area (Å²) in [5, 5.41) is 15.4. The van der Waals surface area contributed by atoms with Crippen LogP contribution in [-0.4, -0.2) is 72.9 Å². The highest BCUT2D eigenvalue weighted by molar-refractivity contribution is 5.68. The van der Waals surface area contributed by atoms with Gasteiger partial charge in [0.25, 0.3) is 0 Å². The number of aliphatic hydroxyl groups is 1. The van der Waals surface area contributed by atoms with Crippen molar-refractivity contribution in [1.82, 2.24) is 10.1 Å². The van der Waals surface area contributed by atoms with E-state index in [1.165, 1.54) is 6.42 Å². The molecule has 194 valence electrons. The van der Waals surface area contributed by atoms with Gasteiger partial charge in [0.15, 0.2) is 0 Å². The summed E-state index contributed by atoms with van der Waals surface area (Å²) in [6.45, 7) is 11.2. The van der Waals surface area contributed by atoms with Crippen molar-refractivity contribution in [2.24, 2.45) is 5.92 Å². The van der Waals surface area contributed by atoms with Gasteiger partial charge in [0.1, 0.15) is 5.69 Å². The van der Waals surface area contributed by atoms with Crippen LogP contribution < -0.4 is 4.90 Å². The van der Waals surface area contributed by atoms with E-state index in [1.54, 1.807) is 0 Å². The molecule has 3 heterocycles. The van der Waals surface area contributed by atoms with Crippen molar-refractivity contribution in [2.75, 3.05) is 44.4 Å². The van der Waals surface area contributed by atoms with Gasteiger partial charge in [-0.1, -0.05) is 49.3 Å². The number of benzene rings is 1. The first kappa shape index (κ1) is 26.1. The van der Waals surface area contributed by atoms with Gasteiger partial charge < -0.3 is 24.0 Å². The highest BCUT2D eigenvalue weighted by Crippen LogP contribution is 2.35. The van der Waals surface area contributed by atoms with E-state index in [1.807, 2.05) is 18.2 Å². The van der Waals surface area contributed by atoms with Crippen LogP contribution in [0.2, 0.25) is 0 Å². The Bertz CT molecular complexity index is 882. The van der Waals surface area contributed by atoms with Gasteiger partial charge >= 0.3 is 0 Å². The van der Waals surface area contributed by atoms with Crippen molar-refractivity contribution in [1.29, 1.82) is 0 Å². The molecule has 0 amide bonds. The molecule has 1 N–H and O–H groups in total. The Kier molecular flexibility index (Phi) is 9.60. The molecule has 35 heavy (non-hydrogen) atoms. The van der Waals surface area contributed by atoms with E-state index in [4.69, 9.17) is 14.0 Å². The first-order valence-corrected chi connectivity index (χ1v) is 13.4. The highest BCUT2D eigenvalue weighted by Gasteiger charge is 2.30. The number of rotatable bonds is 12. The summed E-state index contributed by atoms with van der Waals surface area (Å²) in [4.78, 5) is 4.68. The van der Waals surface area contributed by atoms with Crippen molar-refractivity contribution in [2.45, 2.75) is 77.7 Å². The molecule has 0 spiro atoms. The minimum atomic E-state index is -0.562. The van der Waals surface area contributed by atoms with Crippen molar-refractivity contribution in [3.05, 3.63) is 35.9 Å². The molecule has 2 aromatic rings. The van der Waals surface area contributed by atoms with Crippen LogP contribution >= 0.6 is 0 Å². The monoisotopic (exact) mass is 485 g/mol. The fourth-order valence-electron chi connectivity index (χ4n) is 5.19. The molecule has 0 aliphatic carbocycles. The van der Waals surface area contributed by atoms with E-state index in [2.05, 4.69) is 47.9 Å². The third-order valence-corrected chi connectivity index (χ3v) is 6.98. The third kappa shape index (κ3) is 7.29. The molecular formula is C28H43N3O4. The number of nitrogens with zero attached hydrogens (tertiary/aromatic N) is 3. The fourth-order valence-corrected chi connectivity index (χ4v) is 5.19. The predicted octanol–water partition coefficient (Wildman–Crippen LogP) is 4.73. The topological polar surface area (TPSA) is 71.2 Å². The summed E-state index contributed by atoms with van der Waals surface area (Å²) in [6, 6.07) is 10.7. The number of ether oxygens (including phenoxy) is 2. The Morgan fingerprint density at radius 3 is 2.69 bits per heavy atom. The summed E-state index contributed by atoms with van der Waals surface area (Å²) in [6.07, 6.45) is 5.35. The van der Waals surface area contributed by atoms with Gasteiger partial charge in [-0.25, -0.2) is 0 Å². The summed E-state index contributed by atoms with van der Waals surface area (Å²) in [5.74, 6) is 1.32. The molecule has 7 nitrogen and oxygen atoms in total. The number of anilines is 1. The smallest absolute Gasteiger partial charge is 0.232 e. The van der Waals surface area contributed by atoms with Crippen molar-refractivity contribution in [3.63, 3.8) is 0 Å². The van der Waals surface area contributed by atoms with E-state index in [0.29, 0.717) is 38.3 Å². The van der Waals surface area contributed by atoms with Crippen LogP contribution in [0.25, 0.3) is 11.3 Å². The fraction of sp³-hybridized carbons (Fsp3) is 0.679. The number of hydrogen-bond acceptors (Lipinski definition) is 7. The van der Waals surface area contributed by atoms with Crippen LogP contribution in [0.3, 0.4) is 0 Å². The molecule has 3 unspecified atom stereocenters. The Morgan fingerprint density at radius 1 is 1.14 bits per heavy atom. The predicted molar refractivity (Wildman–Crippen MR) is 139 cm³/mol. The average Bonchev–Trinajstić information content (AvgIpc) is 3.50. The maximum atomic E-state index is 10.8. The quantitative estimate of drug-likeness (QED) is 0.466. The number of aliphatic hydroxyl groups excluding tert-OH is 1. The van der Waals surface area contributed by atoms with Crippen LogP contribution in [-0.2, 0) is 16.0 Å². The number of piperidine rings is 1. The highest BCUT2D eigenvalue weighted by atomic mass is 16.5. The largest absolute Gasteiger partial charge is 0.389 e. The van der Waals surface area contributed by atoms with E-state index in [-0.39, 0.29) is 6.10 Å². The Hall–Kier alpha value is -1.93. The molecule has 4 rings (SSSR count). The molecular weight excluding hydrogens is 442 g/mol. The SMILES string of the molecule is CC(C)COCC(O)CN(Cc1c(-c2ccccc2)noc1N1CCCCC1C)CC1CCCO1. The van der Waals surface area contributed by atoms with Crippen molar-refractivity contribution >= 4 is 5.88 Å². The Morgan fingerprint density at radius 2 is 1.97 bits per heavy atom. The van der Waals surface area contributed by atoms with Gasteiger partial charge in [0.05, 0.1) is 24.4 Å². The van der Waals surface area contributed by atoms with Gasteiger partial charge in [-0.3, -0.25) is 4.90 Å². The maximum Gasteiger partial charge on any atom is 0.232 e. The van der Waals surface area contributed by atoms with Crippen molar-refractivity contribution in [3.8, 4) is 11.3 Å². The standard InChI is InChI=1S/C28H43N3O4/c1-21(2)19-33-20-24(32)16-30(17-25-13-9-15-34-25)18-26-27(23-11-5-4-6-12-23)29-35-28(26)31-14-8-7-10-22(31)3/h4-6,11-12,21-22,24-25,32H,7-10,13-20H2,1-3H3. The molecule has 0 saturated carbocycles. The lowest BCUT2D eigenvalue weighted by Crippen LogP contribution is -2.41. The minimum absolute atomic E-state index is 0.191. The number of hydrogen-bond donors (Lipinski definition) is 1. The maximum absolute atomic E-state index is 10.8. The van der Waals surface area contributed by atoms with Crippen LogP contribution in [0.1, 0.15) is 58.4 Å². The zero-order chi connectivity index (χ0) is 24.6. The molecule has 0 radical (unpaired) electrons. The van der Waals surface area contributed by atoms with E-state index < -0.39 is 6.10 Å². The zero-order valence-corrected chi connectivity index (χ0v) is 21.7. The van der Waals surface area contributed by atoms with Gasteiger partial charge in [0, 0.05) is 51.0 Å². The normalized spacial score (nSPS) is 21.8. The summed E-state index contributed by atoms with van der Waals surface area (Å²) in [7, 11) is 0. The Labute approximate surface area is 210 Å². The third-order valence-electron chi connectivity index (χ3n) is 6.98. The Balaban J connectivity index is 1.58. The van der Waals surface area contributed by atoms with Gasteiger partial charge in [-0.2, -0.15) is 0 Å². The van der Waals surface area contributed by atoms with E-state index in [9.17, 15) is 5.11 Å².